The van der Waals surface area contributed by atoms with Crippen molar-refractivity contribution >= 4 is 23.3 Å². The van der Waals surface area contributed by atoms with E-state index in [1.165, 1.54) is 23.2 Å². The first-order chi connectivity index (χ1) is 10.1. The van der Waals surface area contributed by atoms with E-state index in [9.17, 15) is 9.59 Å². The lowest BCUT2D eigenvalue weighted by Gasteiger charge is -2.13. The normalized spacial score (nSPS) is 10.8. The van der Waals surface area contributed by atoms with E-state index in [1.54, 1.807) is 0 Å². The van der Waals surface area contributed by atoms with Crippen LogP contribution < -0.4 is 22.3 Å². The first-order valence-electron chi connectivity index (χ1n) is 7.47. The summed E-state index contributed by atoms with van der Waals surface area (Å²) in [7, 11) is 0. The van der Waals surface area contributed by atoms with Gasteiger partial charge in [0.2, 0.25) is 0 Å². The average molecular weight is 314 g/mol. The summed E-state index contributed by atoms with van der Waals surface area (Å²) in [5, 5.41) is 3.06. The van der Waals surface area contributed by atoms with Gasteiger partial charge in [0, 0.05) is 13.1 Å². The summed E-state index contributed by atoms with van der Waals surface area (Å²) in [6.45, 7) is 3.15. The second-order valence-corrected chi connectivity index (χ2v) is 5.99. The molecule has 0 aliphatic heterocycles. The van der Waals surface area contributed by atoms with Crippen molar-refractivity contribution in [3.63, 3.8) is 0 Å². The SMILES string of the molecule is CCCn1c(N)c(NCCCCCCSC)c(=O)[nH]c1=O. The molecule has 4 N–H and O–H groups in total. The van der Waals surface area contributed by atoms with Gasteiger partial charge < -0.3 is 11.1 Å². The Kier molecular flexibility index (Phi) is 8.04. The molecular formula is C14H26N4O2S. The molecule has 0 aliphatic rings. The predicted molar refractivity (Wildman–Crippen MR) is 91.4 cm³/mol. The van der Waals surface area contributed by atoms with Crippen molar-refractivity contribution in [1.29, 1.82) is 0 Å². The van der Waals surface area contributed by atoms with Crippen LogP contribution in [0.2, 0.25) is 0 Å². The second-order valence-electron chi connectivity index (χ2n) is 5.00. The van der Waals surface area contributed by atoms with Crippen molar-refractivity contribution in [3.05, 3.63) is 20.8 Å². The summed E-state index contributed by atoms with van der Waals surface area (Å²) in [4.78, 5) is 25.8. The third kappa shape index (κ3) is 5.49. The number of H-pyrrole nitrogens is 1. The number of nitrogen functional groups attached to an aromatic ring is 1. The Hall–Kier alpha value is -1.37. The molecule has 0 saturated carbocycles. The Balaban J connectivity index is 2.57. The van der Waals surface area contributed by atoms with Gasteiger partial charge in [-0.25, -0.2) is 4.79 Å². The summed E-state index contributed by atoms with van der Waals surface area (Å²) >= 11 is 1.86. The van der Waals surface area contributed by atoms with E-state index in [0.29, 0.717) is 18.8 Å². The minimum absolute atomic E-state index is 0.230. The van der Waals surface area contributed by atoms with Gasteiger partial charge in [-0.15, -0.1) is 0 Å². The number of aromatic nitrogens is 2. The largest absolute Gasteiger partial charge is 0.383 e. The van der Waals surface area contributed by atoms with Gasteiger partial charge in [-0.05, 0) is 31.3 Å². The highest BCUT2D eigenvalue weighted by Gasteiger charge is 2.10. The number of rotatable bonds is 10. The molecule has 0 aliphatic carbocycles. The Morgan fingerprint density at radius 1 is 1.24 bits per heavy atom. The van der Waals surface area contributed by atoms with Crippen LogP contribution in [0.5, 0.6) is 0 Å². The van der Waals surface area contributed by atoms with Gasteiger partial charge in [0.15, 0.2) is 0 Å². The minimum Gasteiger partial charge on any atom is -0.383 e. The third-order valence-corrected chi connectivity index (χ3v) is 3.96. The fourth-order valence-corrected chi connectivity index (χ4v) is 2.64. The van der Waals surface area contributed by atoms with E-state index in [-0.39, 0.29) is 5.82 Å². The second kappa shape index (κ2) is 9.55. The van der Waals surface area contributed by atoms with Crippen LogP contribution in [0.4, 0.5) is 11.5 Å². The zero-order valence-electron chi connectivity index (χ0n) is 12.9. The standard InChI is InChI=1S/C14H26N4O2S/c1-3-9-18-12(15)11(13(19)17-14(18)20)16-8-6-4-5-7-10-21-2/h16H,3-10,15H2,1-2H3,(H,17,19,20). The van der Waals surface area contributed by atoms with Gasteiger partial charge in [0.1, 0.15) is 11.5 Å². The highest BCUT2D eigenvalue weighted by molar-refractivity contribution is 7.98. The van der Waals surface area contributed by atoms with Gasteiger partial charge in [-0.1, -0.05) is 19.8 Å². The van der Waals surface area contributed by atoms with Crippen molar-refractivity contribution in [1.82, 2.24) is 9.55 Å². The molecule has 120 valence electrons. The highest BCUT2D eigenvalue weighted by Crippen LogP contribution is 2.11. The number of nitrogens with zero attached hydrogens (tertiary/aromatic N) is 1. The minimum atomic E-state index is -0.443. The van der Waals surface area contributed by atoms with Crippen LogP contribution in [0.1, 0.15) is 39.0 Å². The number of unbranched alkanes of at least 4 members (excludes halogenated alkanes) is 3. The lowest BCUT2D eigenvalue weighted by Crippen LogP contribution is -2.34. The molecule has 7 heteroatoms. The third-order valence-electron chi connectivity index (χ3n) is 3.26. The molecule has 1 aromatic rings. The number of thioether (sulfide) groups is 1. The smallest absolute Gasteiger partial charge is 0.330 e. The fraction of sp³-hybridized carbons (Fsp3) is 0.714. The molecule has 0 fully saturated rings. The summed E-state index contributed by atoms with van der Waals surface area (Å²) in [6, 6.07) is 0. The number of anilines is 2. The molecule has 0 aromatic carbocycles. The van der Waals surface area contributed by atoms with Gasteiger partial charge in [0.25, 0.3) is 5.56 Å². The number of nitrogens with one attached hydrogen (secondary N) is 2. The molecule has 0 spiro atoms. The summed E-state index contributed by atoms with van der Waals surface area (Å²) < 4.78 is 1.40. The van der Waals surface area contributed by atoms with E-state index in [0.717, 1.165) is 19.3 Å². The van der Waals surface area contributed by atoms with Crippen LogP contribution >= 0.6 is 11.8 Å². The van der Waals surface area contributed by atoms with Crippen LogP contribution in [0.15, 0.2) is 9.59 Å². The van der Waals surface area contributed by atoms with Gasteiger partial charge in [-0.3, -0.25) is 14.3 Å². The molecule has 0 amide bonds. The Bertz CT molecular complexity index is 539. The predicted octanol–water partition coefficient (Wildman–Crippen LogP) is 1.86. The zero-order valence-corrected chi connectivity index (χ0v) is 13.7. The summed E-state index contributed by atoms with van der Waals surface area (Å²) in [5.41, 5.74) is 5.36. The van der Waals surface area contributed by atoms with Crippen molar-refractivity contribution in [2.45, 2.75) is 45.6 Å². The van der Waals surface area contributed by atoms with E-state index < -0.39 is 11.2 Å². The molecule has 0 bridgehead atoms. The van der Waals surface area contributed by atoms with E-state index >= 15 is 0 Å². The van der Waals surface area contributed by atoms with Crippen molar-refractivity contribution in [2.24, 2.45) is 0 Å². The van der Waals surface area contributed by atoms with Crippen molar-refractivity contribution in [2.75, 3.05) is 29.6 Å². The topological polar surface area (TPSA) is 92.9 Å². The first kappa shape index (κ1) is 17.7. The summed E-state index contributed by atoms with van der Waals surface area (Å²) in [5.74, 6) is 1.43. The molecule has 21 heavy (non-hydrogen) atoms. The van der Waals surface area contributed by atoms with Crippen LogP contribution in [0.3, 0.4) is 0 Å². The highest BCUT2D eigenvalue weighted by atomic mass is 32.2. The maximum Gasteiger partial charge on any atom is 0.330 e. The molecule has 0 saturated heterocycles. The lowest BCUT2D eigenvalue weighted by atomic mass is 10.2. The molecule has 1 heterocycles. The number of hydrogen-bond acceptors (Lipinski definition) is 5. The van der Waals surface area contributed by atoms with Crippen molar-refractivity contribution in [3.8, 4) is 0 Å². The lowest BCUT2D eigenvalue weighted by molar-refractivity contribution is 0.641. The van der Waals surface area contributed by atoms with Crippen LogP contribution in [-0.4, -0.2) is 28.1 Å². The average Bonchev–Trinajstić information content (AvgIpc) is 2.45. The number of aromatic amines is 1. The Morgan fingerprint density at radius 3 is 2.62 bits per heavy atom. The van der Waals surface area contributed by atoms with E-state index in [2.05, 4.69) is 16.6 Å². The quantitative estimate of drug-likeness (QED) is 0.573. The molecule has 1 aromatic heterocycles. The molecule has 0 radical (unpaired) electrons. The summed E-state index contributed by atoms with van der Waals surface area (Å²) in [6.07, 6.45) is 7.43. The maximum atomic E-state index is 11.8. The van der Waals surface area contributed by atoms with E-state index in [1.807, 2.05) is 18.7 Å². The van der Waals surface area contributed by atoms with Crippen LogP contribution in [-0.2, 0) is 6.54 Å². The molecule has 1 rings (SSSR count). The first-order valence-corrected chi connectivity index (χ1v) is 8.86. The van der Waals surface area contributed by atoms with Gasteiger partial charge in [0.05, 0.1) is 0 Å². The molecule has 0 atom stereocenters. The van der Waals surface area contributed by atoms with Gasteiger partial charge >= 0.3 is 5.69 Å². The molecule has 6 nitrogen and oxygen atoms in total. The zero-order chi connectivity index (χ0) is 15.7. The number of nitrogens with two attached hydrogens (primary N) is 1. The molecule has 0 unspecified atom stereocenters. The van der Waals surface area contributed by atoms with Crippen molar-refractivity contribution < 1.29 is 0 Å². The van der Waals surface area contributed by atoms with Gasteiger partial charge in [-0.2, -0.15) is 11.8 Å². The Morgan fingerprint density at radius 2 is 1.95 bits per heavy atom. The number of hydrogen-bond donors (Lipinski definition) is 3. The molecular weight excluding hydrogens is 288 g/mol. The maximum absolute atomic E-state index is 11.8. The fourth-order valence-electron chi connectivity index (χ4n) is 2.14. The monoisotopic (exact) mass is 314 g/mol. The Labute approximate surface area is 129 Å². The van der Waals surface area contributed by atoms with Crippen LogP contribution in [0, 0.1) is 0 Å². The van der Waals surface area contributed by atoms with E-state index in [4.69, 9.17) is 5.73 Å². The van der Waals surface area contributed by atoms with Crippen LogP contribution in [0.25, 0.3) is 0 Å².